The third-order valence-corrected chi connectivity index (χ3v) is 3.37. The molecule has 0 aliphatic rings. The molecule has 0 aliphatic carbocycles. The van der Waals surface area contributed by atoms with Gasteiger partial charge in [0, 0.05) is 13.3 Å². The molecule has 0 spiro atoms. The molecule has 3 N–H and O–H groups in total. The molecule has 0 saturated heterocycles. The van der Waals surface area contributed by atoms with E-state index in [-0.39, 0.29) is 0 Å². The van der Waals surface area contributed by atoms with Crippen molar-refractivity contribution in [2.45, 2.75) is 13.1 Å². The first-order chi connectivity index (χ1) is 4.48. The topological polar surface area (TPSA) is 64.3 Å². The lowest BCUT2D eigenvalue weighted by molar-refractivity contribution is 0.249. The van der Waals surface area contributed by atoms with E-state index in [2.05, 4.69) is 5.32 Å². The Labute approximate surface area is 61.9 Å². The molecule has 2 amide bonds. The molecule has 10 heavy (non-hydrogen) atoms. The average Bonchev–Trinajstić information content (AvgIpc) is 1.85. The van der Waals surface area contributed by atoms with Gasteiger partial charge in [-0.2, -0.15) is 0 Å². The minimum Gasteiger partial charge on any atom is -0.419 e. The van der Waals surface area contributed by atoms with Gasteiger partial charge in [-0.25, -0.2) is 4.79 Å². The van der Waals surface area contributed by atoms with Crippen molar-refractivity contribution in [1.82, 2.24) is 5.32 Å². The molecule has 0 atom stereocenters. The smallest absolute Gasteiger partial charge is 0.311 e. The number of primary amides is 1. The van der Waals surface area contributed by atoms with Crippen molar-refractivity contribution in [2.24, 2.45) is 5.73 Å². The maximum Gasteiger partial charge on any atom is 0.311 e. The Morgan fingerprint density at radius 2 is 2.20 bits per heavy atom. The second kappa shape index (κ2) is 3.57. The highest BCUT2D eigenvalue weighted by atomic mass is 28.4. The monoisotopic (exact) mass is 162 g/mol. The van der Waals surface area contributed by atoms with Crippen LogP contribution in [0.3, 0.4) is 0 Å². The molecule has 0 aliphatic heterocycles. The van der Waals surface area contributed by atoms with Crippen LogP contribution in [0.1, 0.15) is 0 Å². The minimum atomic E-state index is -1.65. The maximum absolute atomic E-state index is 10.2. The fraction of sp³-hybridized carbons (Fsp3) is 0.800. The van der Waals surface area contributed by atoms with Crippen molar-refractivity contribution >= 4 is 14.3 Å². The van der Waals surface area contributed by atoms with Gasteiger partial charge in [-0.05, 0) is 13.1 Å². The van der Waals surface area contributed by atoms with Crippen LogP contribution in [-0.4, -0.2) is 27.6 Å². The van der Waals surface area contributed by atoms with Crippen molar-refractivity contribution in [3.8, 4) is 0 Å². The van der Waals surface area contributed by atoms with E-state index >= 15 is 0 Å². The molecular formula is C5H14N2O2Si. The van der Waals surface area contributed by atoms with E-state index in [1.165, 1.54) is 0 Å². The fourth-order valence-corrected chi connectivity index (χ4v) is 1.12. The lowest BCUT2D eigenvalue weighted by Gasteiger charge is -2.19. The van der Waals surface area contributed by atoms with Gasteiger partial charge in [-0.3, -0.25) is 0 Å². The Bertz CT molecular complexity index is 127. The number of carbonyl (C=O) groups is 1. The van der Waals surface area contributed by atoms with Crippen LogP contribution in [-0.2, 0) is 4.43 Å². The van der Waals surface area contributed by atoms with Crippen molar-refractivity contribution in [1.29, 1.82) is 0 Å². The summed E-state index contributed by atoms with van der Waals surface area (Å²) in [6.07, 6.45) is 0.568. The van der Waals surface area contributed by atoms with Gasteiger partial charge in [0.25, 0.3) is 0 Å². The summed E-state index contributed by atoms with van der Waals surface area (Å²) in [7, 11) is -0.00428. The second-order valence-electron chi connectivity index (χ2n) is 2.68. The molecule has 0 rings (SSSR count). The Hall–Kier alpha value is -0.553. The molecule has 0 unspecified atom stereocenters. The highest BCUT2D eigenvalue weighted by molar-refractivity contribution is 6.71. The van der Waals surface area contributed by atoms with E-state index in [0.29, 0.717) is 6.17 Å². The van der Waals surface area contributed by atoms with Gasteiger partial charge >= 0.3 is 6.03 Å². The summed E-state index contributed by atoms with van der Waals surface area (Å²) >= 11 is 0. The van der Waals surface area contributed by atoms with Gasteiger partial charge in [-0.1, -0.05) is 0 Å². The average molecular weight is 162 g/mol. The molecule has 0 bridgehead atoms. The summed E-state index contributed by atoms with van der Waals surface area (Å²) in [5.74, 6) is 0. The highest BCUT2D eigenvalue weighted by Gasteiger charge is 2.20. The highest BCUT2D eigenvalue weighted by Crippen LogP contribution is 1.98. The van der Waals surface area contributed by atoms with Crippen LogP contribution in [0, 0.1) is 0 Å². The summed E-state index contributed by atoms with van der Waals surface area (Å²) in [6.45, 7) is 4.01. The van der Waals surface area contributed by atoms with Crippen molar-refractivity contribution in [3.05, 3.63) is 0 Å². The van der Waals surface area contributed by atoms with E-state index < -0.39 is 14.3 Å². The van der Waals surface area contributed by atoms with Crippen LogP contribution in [0.25, 0.3) is 0 Å². The van der Waals surface area contributed by atoms with Crippen molar-refractivity contribution in [2.75, 3.05) is 13.3 Å². The van der Waals surface area contributed by atoms with Crippen LogP contribution in [0.15, 0.2) is 0 Å². The van der Waals surface area contributed by atoms with Crippen LogP contribution < -0.4 is 11.1 Å². The largest absolute Gasteiger partial charge is 0.419 e. The standard InChI is InChI=1S/C5H14N2O2Si/c1-9-10(2,3)4-7-5(6)8/h4H2,1-3H3,(H3,6,7,8). The second-order valence-corrected chi connectivity index (χ2v) is 6.96. The first-order valence-electron chi connectivity index (χ1n) is 3.06. The van der Waals surface area contributed by atoms with Gasteiger partial charge in [0.1, 0.15) is 0 Å². The Kier molecular flexibility index (Phi) is 3.38. The van der Waals surface area contributed by atoms with E-state index in [9.17, 15) is 4.79 Å². The molecule has 0 aromatic carbocycles. The fourth-order valence-electron chi connectivity index (χ4n) is 0.372. The molecule has 0 fully saturated rings. The maximum atomic E-state index is 10.2. The summed E-state index contributed by atoms with van der Waals surface area (Å²) in [6, 6.07) is -0.488. The van der Waals surface area contributed by atoms with Gasteiger partial charge in [0.2, 0.25) is 8.32 Å². The Morgan fingerprint density at radius 1 is 1.70 bits per heavy atom. The number of hydrogen-bond acceptors (Lipinski definition) is 2. The van der Waals surface area contributed by atoms with E-state index in [0.717, 1.165) is 0 Å². The van der Waals surface area contributed by atoms with Gasteiger partial charge in [0.05, 0.1) is 0 Å². The summed E-state index contributed by atoms with van der Waals surface area (Å²) < 4.78 is 5.16. The van der Waals surface area contributed by atoms with Crippen molar-refractivity contribution < 1.29 is 9.22 Å². The van der Waals surface area contributed by atoms with Crippen LogP contribution >= 0.6 is 0 Å². The summed E-state index contributed by atoms with van der Waals surface area (Å²) in [5, 5.41) is 2.51. The number of rotatable bonds is 3. The molecule has 0 aromatic heterocycles. The number of carbonyl (C=O) groups excluding carboxylic acids is 1. The number of nitrogens with two attached hydrogens (primary N) is 1. The normalized spacial score (nSPS) is 11.1. The van der Waals surface area contributed by atoms with Gasteiger partial charge in [0.15, 0.2) is 0 Å². The van der Waals surface area contributed by atoms with Crippen LogP contribution in [0.2, 0.25) is 13.1 Å². The molecule has 0 radical (unpaired) electrons. The Morgan fingerprint density at radius 3 is 2.50 bits per heavy atom. The number of hydrogen-bond donors (Lipinski definition) is 2. The summed E-state index contributed by atoms with van der Waals surface area (Å²) in [4.78, 5) is 10.2. The van der Waals surface area contributed by atoms with E-state index in [4.69, 9.17) is 10.2 Å². The molecular weight excluding hydrogens is 148 g/mol. The predicted molar refractivity (Wildman–Crippen MR) is 42.1 cm³/mol. The quantitative estimate of drug-likeness (QED) is 0.576. The lowest BCUT2D eigenvalue weighted by atomic mass is 11.0. The minimum absolute atomic E-state index is 0.488. The lowest BCUT2D eigenvalue weighted by Crippen LogP contribution is -2.45. The first-order valence-corrected chi connectivity index (χ1v) is 6.18. The number of nitrogens with one attached hydrogen (secondary N) is 1. The third kappa shape index (κ3) is 4.34. The van der Waals surface area contributed by atoms with Crippen LogP contribution in [0.4, 0.5) is 4.79 Å². The van der Waals surface area contributed by atoms with Gasteiger partial charge < -0.3 is 15.5 Å². The molecule has 4 nitrogen and oxygen atoms in total. The SMILES string of the molecule is CO[Si](C)(C)CNC(N)=O. The molecule has 0 heterocycles. The number of urea groups is 1. The zero-order chi connectivity index (χ0) is 8.20. The zero-order valence-electron chi connectivity index (χ0n) is 6.60. The zero-order valence-corrected chi connectivity index (χ0v) is 7.60. The molecule has 0 saturated carbocycles. The van der Waals surface area contributed by atoms with Gasteiger partial charge in [-0.15, -0.1) is 0 Å². The number of amides is 2. The van der Waals surface area contributed by atoms with Crippen LogP contribution in [0.5, 0.6) is 0 Å². The van der Waals surface area contributed by atoms with E-state index in [1.54, 1.807) is 7.11 Å². The predicted octanol–water partition coefficient (Wildman–Crippen LogP) is 0.0454. The Balaban J connectivity index is 3.56. The molecule has 60 valence electrons. The summed E-state index contributed by atoms with van der Waals surface area (Å²) in [5.41, 5.74) is 4.87. The van der Waals surface area contributed by atoms with E-state index in [1.807, 2.05) is 13.1 Å². The molecule has 0 aromatic rings. The van der Waals surface area contributed by atoms with Crippen molar-refractivity contribution in [3.63, 3.8) is 0 Å². The first kappa shape index (κ1) is 9.45. The molecule has 5 heteroatoms. The third-order valence-electron chi connectivity index (χ3n) is 1.24.